The smallest absolute Gasteiger partial charge is 0.257 e. The molecule has 0 spiro atoms. The molecule has 2 N–H and O–H groups in total. The van der Waals surface area contributed by atoms with Crippen LogP contribution in [-0.4, -0.2) is 40.2 Å². The van der Waals surface area contributed by atoms with Crippen molar-refractivity contribution in [1.82, 2.24) is 14.7 Å². The second-order valence-electron chi connectivity index (χ2n) is 5.63. The summed E-state index contributed by atoms with van der Waals surface area (Å²) in [6.45, 7) is 2.03. The molecule has 0 saturated carbocycles. The molecule has 2 atom stereocenters. The molecule has 0 aliphatic carbocycles. The Morgan fingerprint density at radius 2 is 2.10 bits per heavy atom. The molecular formula is C16H20N4O. The maximum Gasteiger partial charge on any atom is 0.257 e. The lowest BCUT2D eigenvalue weighted by molar-refractivity contribution is 0.0786. The minimum Gasteiger partial charge on any atom is -0.338 e. The van der Waals surface area contributed by atoms with Crippen LogP contribution in [0.1, 0.15) is 21.8 Å². The Balaban J connectivity index is 1.79. The molecular weight excluding hydrogens is 264 g/mol. The van der Waals surface area contributed by atoms with Gasteiger partial charge in [-0.15, -0.1) is 0 Å². The second kappa shape index (κ2) is 5.69. The van der Waals surface area contributed by atoms with E-state index in [1.165, 1.54) is 5.56 Å². The highest BCUT2D eigenvalue weighted by Gasteiger charge is 2.35. The highest BCUT2D eigenvalue weighted by atomic mass is 16.2. The molecule has 1 aliphatic rings. The number of carbonyl (C=O) groups is 1. The molecule has 1 amide bonds. The number of nitrogens with zero attached hydrogens (tertiary/aromatic N) is 3. The number of rotatable bonds is 3. The van der Waals surface area contributed by atoms with Gasteiger partial charge in [0.15, 0.2) is 0 Å². The van der Waals surface area contributed by atoms with Gasteiger partial charge < -0.3 is 10.6 Å². The first-order valence-electron chi connectivity index (χ1n) is 7.22. The first kappa shape index (κ1) is 13.8. The number of aryl methyl sites for hydroxylation is 1. The molecule has 110 valence electrons. The van der Waals surface area contributed by atoms with Gasteiger partial charge >= 0.3 is 0 Å². The van der Waals surface area contributed by atoms with Gasteiger partial charge in [-0.1, -0.05) is 30.3 Å². The zero-order chi connectivity index (χ0) is 14.8. The summed E-state index contributed by atoms with van der Waals surface area (Å²) in [6.07, 6.45) is 3.38. The van der Waals surface area contributed by atoms with Gasteiger partial charge in [0.25, 0.3) is 5.91 Å². The van der Waals surface area contributed by atoms with Gasteiger partial charge in [0.2, 0.25) is 0 Å². The van der Waals surface area contributed by atoms with Gasteiger partial charge in [0, 0.05) is 32.3 Å². The van der Waals surface area contributed by atoms with Gasteiger partial charge in [-0.3, -0.25) is 9.48 Å². The van der Waals surface area contributed by atoms with Crippen molar-refractivity contribution in [1.29, 1.82) is 0 Å². The highest BCUT2D eigenvalue weighted by molar-refractivity contribution is 5.94. The molecule has 0 bridgehead atoms. The standard InChI is InChI=1S/C16H20N4O/c1-19-9-14(8-18-19)16(21)20-10-13(7-17)15(11-20)12-5-3-2-4-6-12/h2-6,8-9,13,15H,7,10-11,17H2,1H3/t13-,15+/m1/s1. The van der Waals surface area contributed by atoms with Crippen LogP contribution in [0.15, 0.2) is 42.7 Å². The third-order valence-electron chi connectivity index (χ3n) is 4.21. The summed E-state index contributed by atoms with van der Waals surface area (Å²) in [7, 11) is 1.82. The van der Waals surface area contributed by atoms with Crippen LogP contribution in [0.3, 0.4) is 0 Å². The monoisotopic (exact) mass is 284 g/mol. The van der Waals surface area contributed by atoms with Crippen molar-refractivity contribution in [3.8, 4) is 0 Å². The molecule has 1 fully saturated rings. The van der Waals surface area contributed by atoms with Gasteiger partial charge in [-0.05, 0) is 18.0 Å². The van der Waals surface area contributed by atoms with Crippen LogP contribution in [0.25, 0.3) is 0 Å². The van der Waals surface area contributed by atoms with Crippen LogP contribution in [0.2, 0.25) is 0 Å². The molecule has 1 aliphatic heterocycles. The average Bonchev–Trinajstić information content (AvgIpc) is 3.13. The second-order valence-corrected chi connectivity index (χ2v) is 5.63. The SMILES string of the molecule is Cn1cc(C(=O)N2C[C@@H](CN)[C@H](c3ccccc3)C2)cn1. The average molecular weight is 284 g/mol. The van der Waals surface area contributed by atoms with Crippen molar-refractivity contribution in [2.24, 2.45) is 18.7 Å². The number of hydrogen-bond acceptors (Lipinski definition) is 3. The zero-order valence-corrected chi connectivity index (χ0v) is 12.1. The molecule has 1 aromatic heterocycles. The van der Waals surface area contributed by atoms with Crippen LogP contribution < -0.4 is 5.73 Å². The van der Waals surface area contributed by atoms with Crippen molar-refractivity contribution < 1.29 is 4.79 Å². The highest BCUT2D eigenvalue weighted by Crippen LogP contribution is 2.32. The Morgan fingerprint density at radius 3 is 2.71 bits per heavy atom. The van der Waals surface area contributed by atoms with E-state index < -0.39 is 0 Å². The van der Waals surface area contributed by atoms with Gasteiger partial charge in [-0.2, -0.15) is 5.10 Å². The number of amides is 1. The van der Waals surface area contributed by atoms with Crippen molar-refractivity contribution in [3.05, 3.63) is 53.9 Å². The molecule has 0 unspecified atom stereocenters. The fraction of sp³-hybridized carbons (Fsp3) is 0.375. The van der Waals surface area contributed by atoms with Crippen molar-refractivity contribution >= 4 is 5.91 Å². The lowest BCUT2D eigenvalue weighted by atomic mass is 9.89. The quantitative estimate of drug-likeness (QED) is 0.922. The predicted octanol–water partition coefficient (Wildman–Crippen LogP) is 1.23. The normalized spacial score (nSPS) is 21.7. The maximum atomic E-state index is 12.5. The van der Waals surface area contributed by atoms with Gasteiger partial charge in [0.05, 0.1) is 11.8 Å². The Bertz CT molecular complexity index is 622. The summed E-state index contributed by atoms with van der Waals surface area (Å²) in [5.74, 6) is 0.671. The van der Waals surface area contributed by atoms with Crippen molar-refractivity contribution in [2.45, 2.75) is 5.92 Å². The molecule has 1 aromatic carbocycles. The first-order valence-corrected chi connectivity index (χ1v) is 7.22. The van der Waals surface area contributed by atoms with Gasteiger partial charge in [-0.25, -0.2) is 0 Å². The van der Waals surface area contributed by atoms with Crippen molar-refractivity contribution in [3.63, 3.8) is 0 Å². The Kier molecular flexibility index (Phi) is 3.75. The molecule has 3 rings (SSSR count). The predicted molar refractivity (Wildman–Crippen MR) is 80.8 cm³/mol. The maximum absolute atomic E-state index is 12.5. The topological polar surface area (TPSA) is 64.2 Å². The van der Waals surface area contributed by atoms with Crippen LogP contribution in [0.5, 0.6) is 0 Å². The fourth-order valence-electron chi connectivity index (χ4n) is 3.07. The van der Waals surface area contributed by atoms with E-state index in [1.807, 2.05) is 30.1 Å². The first-order chi connectivity index (χ1) is 10.2. The fourth-order valence-corrected chi connectivity index (χ4v) is 3.07. The van der Waals surface area contributed by atoms with E-state index >= 15 is 0 Å². The molecule has 2 heterocycles. The summed E-state index contributed by atoms with van der Waals surface area (Å²) in [5, 5.41) is 4.07. The summed E-state index contributed by atoms with van der Waals surface area (Å²) < 4.78 is 1.65. The number of aromatic nitrogens is 2. The minimum absolute atomic E-state index is 0.0416. The third kappa shape index (κ3) is 2.69. The Hall–Kier alpha value is -2.14. The van der Waals surface area contributed by atoms with E-state index in [4.69, 9.17) is 5.73 Å². The molecule has 1 saturated heterocycles. The minimum atomic E-state index is 0.0416. The summed E-state index contributed by atoms with van der Waals surface area (Å²) in [6, 6.07) is 10.3. The number of hydrogen-bond donors (Lipinski definition) is 1. The largest absolute Gasteiger partial charge is 0.338 e. The molecule has 2 aromatic rings. The number of likely N-dealkylation sites (tertiary alicyclic amines) is 1. The molecule has 5 heteroatoms. The Morgan fingerprint density at radius 1 is 1.33 bits per heavy atom. The number of nitrogens with two attached hydrogens (primary N) is 1. The van der Waals surface area contributed by atoms with E-state index in [1.54, 1.807) is 17.1 Å². The lowest BCUT2D eigenvalue weighted by Crippen LogP contribution is -2.29. The number of benzene rings is 1. The van der Waals surface area contributed by atoms with E-state index in [0.717, 1.165) is 6.54 Å². The molecule has 5 nitrogen and oxygen atoms in total. The van der Waals surface area contributed by atoms with Crippen LogP contribution in [-0.2, 0) is 7.05 Å². The zero-order valence-electron chi connectivity index (χ0n) is 12.1. The van der Waals surface area contributed by atoms with Crippen molar-refractivity contribution in [2.75, 3.05) is 19.6 Å². The summed E-state index contributed by atoms with van der Waals surface area (Å²) in [5.41, 5.74) is 7.81. The third-order valence-corrected chi connectivity index (χ3v) is 4.21. The van der Waals surface area contributed by atoms with E-state index in [2.05, 4.69) is 17.2 Å². The summed E-state index contributed by atoms with van der Waals surface area (Å²) in [4.78, 5) is 14.4. The summed E-state index contributed by atoms with van der Waals surface area (Å²) >= 11 is 0. The molecule has 21 heavy (non-hydrogen) atoms. The van der Waals surface area contributed by atoms with Gasteiger partial charge in [0.1, 0.15) is 0 Å². The van der Waals surface area contributed by atoms with Crippen LogP contribution in [0, 0.1) is 5.92 Å². The Labute approximate surface area is 124 Å². The van der Waals surface area contributed by atoms with E-state index in [9.17, 15) is 4.79 Å². The van der Waals surface area contributed by atoms with Crippen LogP contribution in [0.4, 0.5) is 0 Å². The van der Waals surface area contributed by atoms with E-state index in [-0.39, 0.29) is 5.91 Å². The van der Waals surface area contributed by atoms with E-state index in [0.29, 0.717) is 30.5 Å². The lowest BCUT2D eigenvalue weighted by Gasteiger charge is -2.16. The van der Waals surface area contributed by atoms with Crippen LogP contribution >= 0.6 is 0 Å². The number of carbonyl (C=O) groups excluding carboxylic acids is 1. The molecule has 0 radical (unpaired) electrons.